The monoisotopic (exact) mass is 247 g/mol. The molecule has 18 heavy (non-hydrogen) atoms. The van der Waals surface area contributed by atoms with Crippen LogP contribution >= 0.6 is 0 Å². The second-order valence-corrected chi connectivity index (χ2v) is 5.12. The highest BCUT2D eigenvalue weighted by atomic mass is 15.4. The fraction of sp³-hybridized carbons (Fsp3) is 0.538. The van der Waals surface area contributed by atoms with Gasteiger partial charge in [0.15, 0.2) is 5.96 Å². The van der Waals surface area contributed by atoms with Gasteiger partial charge in [0.05, 0.1) is 12.2 Å². The van der Waals surface area contributed by atoms with E-state index in [-0.39, 0.29) is 5.54 Å². The highest BCUT2D eigenvalue weighted by Crippen LogP contribution is 2.30. The molecular formula is C13H21N5. The number of nitrogens with zero attached hydrogens (tertiary/aromatic N) is 4. The van der Waals surface area contributed by atoms with E-state index in [0.29, 0.717) is 12.5 Å². The maximum absolute atomic E-state index is 6.01. The molecule has 2 rings (SSSR count). The van der Waals surface area contributed by atoms with Gasteiger partial charge < -0.3 is 15.5 Å². The molecule has 0 amide bonds. The normalized spacial score (nSPS) is 23.6. The summed E-state index contributed by atoms with van der Waals surface area (Å²) in [6.45, 7) is 4.62. The standard InChI is InChI=1S/C13H21N5/c1-13(11-6-4-5-7-15-11)10-16-12(14)18(13)9-8-17(2)3/h4-7H,8-10H2,1-3H3,(H2,14,16). The van der Waals surface area contributed by atoms with E-state index < -0.39 is 0 Å². The molecule has 0 spiro atoms. The van der Waals surface area contributed by atoms with Crippen molar-refractivity contribution in [2.45, 2.75) is 12.5 Å². The molecule has 98 valence electrons. The topological polar surface area (TPSA) is 57.8 Å². The first-order valence-electron chi connectivity index (χ1n) is 6.18. The summed E-state index contributed by atoms with van der Waals surface area (Å²) in [4.78, 5) is 13.1. The number of nitrogens with two attached hydrogens (primary N) is 1. The molecule has 5 nitrogen and oxygen atoms in total. The predicted octanol–water partition coefficient (Wildman–Crippen LogP) is 0.489. The van der Waals surface area contributed by atoms with Gasteiger partial charge in [0.25, 0.3) is 0 Å². The van der Waals surface area contributed by atoms with Gasteiger partial charge in [0.1, 0.15) is 5.54 Å². The average molecular weight is 247 g/mol. The lowest BCUT2D eigenvalue weighted by Gasteiger charge is -2.36. The summed E-state index contributed by atoms with van der Waals surface area (Å²) in [6.07, 6.45) is 1.82. The lowest BCUT2D eigenvalue weighted by Crippen LogP contribution is -2.50. The molecule has 1 atom stereocenters. The number of guanidine groups is 1. The molecule has 0 saturated heterocycles. The average Bonchev–Trinajstić information content (AvgIpc) is 2.65. The van der Waals surface area contributed by atoms with Crippen LogP contribution in [0, 0.1) is 0 Å². The van der Waals surface area contributed by atoms with Crippen LogP contribution in [0.25, 0.3) is 0 Å². The molecule has 0 fully saturated rings. The molecule has 1 aromatic heterocycles. The van der Waals surface area contributed by atoms with Crippen molar-refractivity contribution in [1.29, 1.82) is 0 Å². The summed E-state index contributed by atoms with van der Waals surface area (Å²) in [6, 6.07) is 5.97. The van der Waals surface area contributed by atoms with Crippen molar-refractivity contribution in [1.82, 2.24) is 14.8 Å². The van der Waals surface area contributed by atoms with Crippen molar-refractivity contribution in [3.8, 4) is 0 Å². The zero-order chi connectivity index (χ0) is 13.2. The smallest absolute Gasteiger partial charge is 0.192 e. The molecule has 0 aliphatic carbocycles. The van der Waals surface area contributed by atoms with E-state index in [4.69, 9.17) is 5.73 Å². The first-order valence-corrected chi connectivity index (χ1v) is 6.18. The second-order valence-electron chi connectivity index (χ2n) is 5.12. The molecule has 1 aliphatic rings. The van der Waals surface area contributed by atoms with Crippen LogP contribution < -0.4 is 5.73 Å². The van der Waals surface area contributed by atoms with Crippen molar-refractivity contribution in [3.63, 3.8) is 0 Å². The highest BCUT2D eigenvalue weighted by Gasteiger charge is 2.40. The van der Waals surface area contributed by atoms with E-state index in [9.17, 15) is 0 Å². The van der Waals surface area contributed by atoms with Crippen molar-refractivity contribution in [2.24, 2.45) is 10.7 Å². The fourth-order valence-electron chi connectivity index (χ4n) is 2.22. The Kier molecular flexibility index (Phi) is 3.52. The highest BCUT2D eigenvalue weighted by molar-refractivity contribution is 5.81. The van der Waals surface area contributed by atoms with Crippen molar-refractivity contribution in [2.75, 3.05) is 33.7 Å². The van der Waals surface area contributed by atoms with Gasteiger partial charge in [-0.25, -0.2) is 0 Å². The molecule has 2 N–H and O–H groups in total. The third-order valence-corrected chi connectivity index (χ3v) is 3.41. The Labute approximate surface area is 108 Å². The van der Waals surface area contributed by atoms with Crippen LogP contribution in [0.4, 0.5) is 0 Å². The minimum absolute atomic E-state index is 0.221. The number of hydrogen-bond acceptors (Lipinski definition) is 5. The number of aromatic nitrogens is 1. The van der Waals surface area contributed by atoms with Crippen molar-refractivity contribution in [3.05, 3.63) is 30.1 Å². The van der Waals surface area contributed by atoms with Gasteiger partial charge in [-0.05, 0) is 33.2 Å². The Bertz CT molecular complexity index is 428. The zero-order valence-electron chi connectivity index (χ0n) is 11.3. The van der Waals surface area contributed by atoms with Crippen LogP contribution in [0.3, 0.4) is 0 Å². The molecule has 5 heteroatoms. The minimum Gasteiger partial charge on any atom is -0.370 e. The van der Waals surface area contributed by atoms with Crippen molar-refractivity contribution < 1.29 is 0 Å². The molecule has 0 radical (unpaired) electrons. The van der Waals surface area contributed by atoms with Crippen LogP contribution in [-0.2, 0) is 5.54 Å². The first-order chi connectivity index (χ1) is 8.54. The summed E-state index contributed by atoms with van der Waals surface area (Å²) in [7, 11) is 4.11. The maximum atomic E-state index is 6.01. The van der Waals surface area contributed by atoms with Crippen molar-refractivity contribution >= 4 is 5.96 Å². The number of aliphatic imine (C=N–C) groups is 1. The predicted molar refractivity (Wildman–Crippen MR) is 73.3 cm³/mol. The maximum Gasteiger partial charge on any atom is 0.192 e. The zero-order valence-corrected chi connectivity index (χ0v) is 11.3. The van der Waals surface area contributed by atoms with Crippen LogP contribution in [0.5, 0.6) is 0 Å². The molecule has 1 aromatic rings. The third kappa shape index (κ3) is 2.31. The Morgan fingerprint density at radius 1 is 1.44 bits per heavy atom. The summed E-state index contributed by atoms with van der Waals surface area (Å²) >= 11 is 0. The number of likely N-dealkylation sites (N-methyl/N-ethyl adjacent to an activating group) is 1. The van der Waals surface area contributed by atoms with Gasteiger partial charge in [-0.1, -0.05) is 6.07 Å². The quantitative estimate of drug-likeness (QED) is 0.841. The van der Waals surface area contributed by atoms with Gasteiger partial charge in [-0.2, -0.15) is 0 Å². The second kappa shape index (κ2) is 4.94. The first kappa shape index (κ1) is 12.8. The number of rotatable bonds is 4. The van der Waals surface area contributed by atoms with Gasteiger partial charge in [-0.15, -0.1) is 0 Å². The van der Waals surface area contributed by atoms with Gasteiger partial charge in [0, 0.05) is 19.3 Å². The van der Waals surface area contributed by atoms with Crippen LogP contribution in [-0.4, -0.2) is 54.5 Å². The molecule has 2 heterocycles. The Hall–Kier alpha value is -1.62. The van der Waals surface area contributed by atoms with E-state index in [1.54, 1.807) is 0 Å². The van der Waals surface area contributed by atoms with E-state index in [2.05, 4.69) is 40.8 Å². The van der Waals surface area contributed by atoms with Gasteiger partial charge >= 0.3 is 0 Å². The molecule has 1 aliphatic heterocycles. The molecule has 1 unspecified atom stereocenters. The van der Waals surface area contributed by atoms with E-state index >= 15 is 0 Å². The van der Waals surface area contributed by atoms with E-state index in [1.165, 1.54) is 0 Å². The van der Waals surface area contributed by atoms with Gasteiger partial charge in [-0.3, -0.25) is 9.98 Å². The fourth-order valence-corrected chi connectivity index (χ4v) is 2.22. The summed E-state index contributed by atoms with van der Waals surface area (Å²) in [5.41, 5.74) is 6.81. The molecule has 0 bridgehead atoms. The molecular weight excluding hydrogens is 226 g/mol. The van der Waals surface area contributed by atoms with Crippen LogP contribution in [0.15, 0.2) is 29.4 Å². The van der Waals surface area contributed by atoms with E-state index in [0.717, 1.165) is 18.8 Å². The SMILES string of the molecule is CN(C)CCN1C(N)=NCC1(C)c1ccccn1. The van der Waals surface area contributed by atoms with E-state index in [1.807, 2.05) is 24.4 Å². The van der Waals surface area contributed by atoms with Gasteiger partial charge in [0.2, 0.25) is 0 Å². The Morgan fingerprint density at radius 2 is 2.22 bits per heavy atom. The van der Waals surface area contributed by atoms with Crippen LogP contribution in [0.1, 0.15) is 12.6 Å². The minimum atomic E-state index is -0.221. The molecule has 0 aromatic carbocycles. The third-order valence-electron chi connectivity index (χ3n) is 3.41. The Morgan fingerprint density at radius 3 is 2.83 bits per heavy atom. The van der Waals surface area contributed by atoms with Crippen LogP contribution in [0.2, 0.25) is 0 Å². The Balaban J connectivity index is 2.21. The largest absolute Gasteiger partial charge is 0.370 e. The lowest BCUT2D eigenvalue weighted by molar-refractivity contribution is 0.200. The number of pyridine rings is 1. The number of hydrogen-bond donors (Lipinski definition) is 1. The molecule has 0 saturated carbocycles. The summed E-state index contributed by atoms with van der Waals surface area (Å²) < 4.78 is 0. The lowest BCUT2D eigenvalue weighted by atomic mass is 9.96. The summed E-state index contributed by atoms with van der Waals surface area (Å²) in [5, 5.41) is 0. The summed E-state index contributed by atoms with van der Waals surface area (Å²) in [5.74, 6) is 0.616.